The summed E-state index contributed by atoms with van der Waals surface area (Å²) in [6.45, 7) is 0.424. The lowest BCUT2D eigenvalue weighted by molar-refractivity contribution is -0.170. The van der Waals surface area contributed by atoms with Gasteiger partial charge >= 0.3 is 11.9 Å². The summed E-state index contributed by atoms with van der Waals surface area (Å²) in [7, 11) is 0. The summed E-state index contributed by atoms with van der Waals surface area (Å²) in [6, 6.07) is 7.43. The number of furan rings is 1. The van der Waals surface area contributed by atoms with Crippen LogP contribution < -0.4 is 5.32 Å². The van der Waals surface area contributed by atoms with E-state index in [9.17, 15) is 24.0 Å². The van der Waals surface area contributed by atoms with Gasteiger partial charge < -0.3 is 19.2 Å². The first-order chi connectivity index (χ1) is 14.0. The summed E-state index contributed by atoms with van der Waals surface area (Å²) in [5, 5.41) is 2.91. The zero-order valence-corrected chi connectivity index (χ0v) is 15.1. The first-order valence-corrected chi connectivity index (χ1v) is 8.84. The lowest BCUT2D eigenvalue weighted by Gasteiger charge is -2.24. The fourth-order valence-electron chi connectivity index (χ4n) is 3.01. The second-order valence-corrected chi connectivity index (χ2v) is 6.61. The van der Waals surface area contributed by atoms with Crippen molar-refractivity contribution in [3.63, 3.8) is 0 Å². The van der Waals surface area contributed by atoms with E-state index in [1.807, 2.05) is 0 Å². The van der Waals surface area contributed by atoms with Crippen LogP contribution in [-0.2, 0) is 19.1 Å². The van der Waals surface area contributed by atoms with Crippen molar-refractivity contribution in [3.8, 4) is 0 Å². The van der Waals surface area contributed by atoms with Crippen molar-refractivity contribution in [2.24, 2.45) is 5.92 Å². The average molecular weight is 397 g/mol. The molecule has 0 atom stereocenters. The van der Waals surface area contributed by atoms with Crippen LogP contribution in [0.3, 0.4) is 0 Å². The van der Waals surface area contributed by atoms with Gasteiger partial charge in [0.05, 0.1) is 11.5 Å². The number of carbonyl (C=O) groups is 5. The molecule has 1 fully saturated rings. The van der Waals surface area contributed by atoms with Crippen molar-refractivity contribution in [3.05, 3.63) is 58.5 Å². The molecule has 0 saturated carbocycles. The van der Waals surface area contributed by atoms with E-state index < -0.39 is 42.5 Å². The molecular weight excluding hydrogens is 382 g/mol. The van der Waals surface area contributed by atoms with Crippen molar-refractivity contribution in [2.45, 2.75) is 6.42 Å². The Labute approximate surface area is 164 Å². The van der Waals surface area contributed by atoms with Crippen LogP contribution in [0.4, 0.5) is 0 Å². The minimum Gasteiger partial charge on any atom is -0.449 e. The molecule has 2 heterocycles. The van der Waals surface area contributed by atoms with Crippen LogP contribution >= 0.6 is 0 Å². The van der Waals surface area contributed by atoms with E-state index in [0.29, 0.717) is 13.1 Å². The van der Waals surface area contributed by atoms with Gasteiger partial charge in [0, 0.05) is 24.2 Å². The maximum atomic E-state index is 12.5. The number of ketones is 3. The molecule has 9 nitrogen and oxygen atoms in total. The highest BCUT2D eigenvalue weighted by molar-refractivity contribution is 6.28. The molecule has 9 heteroatoms. The molecule has 1 aromatic heterocycles. The first kappa shape index (κ1) is 18.8. The molecular formula is C20H15NO8. The van der Waals surface area contributed by atoms with Gasteiger partial charge in [-0.3, -0.25) is 24.0 Å². The standard InChI is InChI=1S/C20H15NO8/c22-14(6-16(23)27-9-28-20(26)10-7-21-8-10)15-5-13-17(24)11-3-1-2-4-12(11)18(25)19(13)29-15/h1-5,10,21H,6-9H2. The molecule has 2 aliphatic rings. The first-order valence-electron chi connectivity index (χ1n) is 8.84. The smallest absolute Gasteiger partial charge is 0.316 e. The number of esters is 2. The number of Topliss-reactive ketones (excluding diaryl/α,β-unsaturated/α-hetero) is 1. The topological polar surface area (TPSA) is 129 Å². The number of fused-ring (bicyclic) bond motifs is 2. The van der Waals surface area contributed by atoms with Crippen LogP contribution in [0.2, 0.25) is 0 Å². The van der Waals surface area contributed by atoms with Gasteiger partial charge in [0.15, 0.2) is 17.3 Å². The number of ether oxygens (including phenoxy) is 2. The van der Waals surface area contributed by atoms with Gasteiger partial charge in [-0.2, -0.15) is 0 Å². The minimum atomic E-state index is -0.926. The van der Waals surface area contributed by atoms with Gasteiger partial charge in [-0.15, -0.1) is 0 Å². The van der Waals surface area contributed by atoms with Crippen LogP contribution in [0.1, 0.15) is 49.0 Å². The van der Waals surface area contributed by atoms with Crippen molar-refractivity contribution >= 4 is 29.3 Å². The normalized spacial score (nSPS) is 15.2. The molecule has 4 rings (SSSR count). The molecule has 1 aliphatic carbocycles. The predicted molar refractivity (Wildman–Crippen MR) is 94.4 cm³/mol. The van der Waals surface area contributed by atoms with E-state index in [-0.39, 0.29) is 34.1 Å². The Morgan fingerprint density at radius 1 is 1.00 bits per heavy atom. The third-order valence-corrected chi connectivity index (χ3v) is 4.71. The summed E-state index contributed by atoms with van der Waals surface area (Å²) in [5.41, 5.74) is 0.405. The highest BCUT2D eigenvalue weighted by Crippen LogP contribution is 2.30. The molecule has 1 aliphatic heterocycles. The third-order valence-electron chi connectivity index (χ3n) is 4.71. The third kappa shape index (κ3) is 3.47. The highest BCUT2D eigenvalue weighted by atomic mass is 16.7. The van der Waals surface area contributed by atoms with E-state index in [1.54, 1.807) is 12.1 Å². The van der Waals surface area contributed by atoms with Crippen LogP contribution in [0.5, 0.6) is 0 Å². The fraction of sp³-hybridized carbons (Fsp3) is 0.250. The molecule has 0 unspecified atom stereocenters. The summed E-state index contributed by atoms with van der Waals surface area (Å²) < 4.78 is 14.8. The lowest BCUT2D eigenvalue weighted by Crippen LogP contribution is -2.47. The second-order valence-electron chi connectivity index (χ2n) is 6.61. The summed E-state index contributed by atoms with van der Waals surface area (Å²) in [5.74, 6) is -3.89. The maximum absolute atomic E-state index is 12.5. The molecule has 0 spiro atoms. The van der Waals surface area contributed by atoms with Crippen LogP contribution in [0.25, 0.3) is 0 Å². The van der Waals surface area contributed by atoms with Gasteiger partial charge in [0.25, 0.3) is 0 Å². The molecule has 29 heavy (non-hydrogen) atoms. The Bertz CT molecular complexity index is 994. The molecule has 0 radical (unpaired) electrons. The number of hydrogen-bond acceptors (Lipinski definition) is 9. The monoisotopic (exact) mass is 397 g/mol. The average Bonchev–Trinajstić information content (AvgIpc) is 3.11. The SMILES string of the molecule is O=C(CC(=O)c1cc2c(o1)C(=O)c1ccccc1C2=O)OCOC(=O)C1CNC1. The summed E-state index contributed by atoms with van der Waals surface area (Å²) in [6.07, 6.45) is -0.690. The quantitative estimate of drug-likeness (QED) is 0.279. The highest BCUT2D eigenvalue weighted by Gasteiger charge is 2.34. The Morgan fingerprint density at radius 2 is 1.69 bits per heavy atom. The molecule has 0 bridgehead atoms. The number of rotatable bonds is 6. The van der Waals surface area contributed by atoms with E-state index in [1.165, 1.54) is 12.1 Å². The molecule has 1 N–H and O–H groups in total. The van der Waals surface area contributed by atoms with Gasteiger partial charge in [-0.05, 0) is 6.07 Å². The molecule has 1 aromatic carbocycles. The number of benzene rings is 1. The molecule has 0 amide bonds. The Balaban J connectivity index is 1.39. The van der Waals surface area contributed by atoms with Gasteiger partial charge in [-0.25, -0.2) is 0 Å². The number of hydrogen-bond donors (Lipinski definition) is 1. The maximum Gasteiger partial charge on any atom is 0.316 e. The molecule has 148 valence electrons. The van der Waals surface area contributed by atoms with Crippen molar-refractivity contribution < 1.29 is 37.9 Å². The van der Waals surface area contributed by atoms with Crippen LogP contribution in [0.15, 0.2) is 34.7 Å². The zero-order chi connectivity index (χ0) is 20.5. The van der Waals surface area contributed by atoms with E-state index in [0.717, 1.165) is 6.07 Å². The molecule has 1 saturated heterocycles. The van der Waals surface area contributed by atoms with Crippen LogP contribution in [0, 0.1) is 5.92 Å². The van der Waals surface area contributed by atoms with Crippen molar-refractivity contribution in [1.82, 2.24) is 5.32 Å². The van der Waals surface area contributed by atoms with Crippen molar-refractivity contribution in [1.29, 1.82) is 0 Å². The Morgan fingerprint density at radius 3 is 2.34 bits per heavy atom. The Hall–Kier alpha value is -3.59. The van der Waals surface area contributed by atoms with Crippen LogP contribution in [-0.4, -0.2) is 49.2 Å². The van der Waals surface area contributed by atoms with Gasteiger partial charge in [-0.1, -0.05) is 24.3 Å². The zero-order valence-electron chi connectivity index (χ0n) is 15.1. The summed E-state index contributed by atoms with van der Waals surface area (Å²) in [4.78, 5) is 60.6. The molecule has 2 aromatic rings. The lowest BCUT2D eigenvalue weighted by atomic mass is 9.88. The number of carbonyl (C=O) groups excluding carboxylic acids is 5. The second kappa shape index (κ2) is 7.44. The largest absolute Gasteiger partial charge is 0.449 e. The predicted octanol–water partition coefficient (Wildman–Crippen LogP) is 0.891. The fourth-order valence-corrected chi connectivity index (χ4v) is 3.01. The summed E-state index contributed by atoms with van der Waals surface area (Å²) >= 11 is 0. The number of nitrogens with one attached hydrogen (secondary N) is 1. The van der Waals surface area contributed by atoms with Gasteiger partial charge in [0.2, 0.25) is 18.4 Å². The van der Waals surface area contributed by atoms with Crippen molar-refractivity contribution in [2.75, 3.05) is 19.9 Å². The minimum absolute atomic E-state index is 0.0199. The van der Waals surface area contributed by atoms with Gasteiger partial charge in [0.1, 0.15) is 6.42 Å². The van der Waals surface area contributed by atoms with E-state index >= 15 is 0 Å². The Kier molecular flexibility index (Phi) is 4.81. The van der Waals surface area contributed by atoms with E-state index in [4.69, 9.17) is 13.9 Å². The van der Waals surface area contributed by atoms with E-state index in [2.05, 4.69) is 5.32 Å².